The van der Waals surface area contributed by atoms with Crippen LogP contribution < -0.4 is 5.01 Å². The average molecular weight is 267 g/mol. The van der Waals surface area contributed by atoms with Crippen molar-refractivity contribution in [2.24, 2.45) is 5.92 Å². The van der Waals surface area contributed by atoms with E-state index in [-0.39, 0.29) is 11.7 Å². The Labute approximate surface area is 113 Å². The van der Waals surface area contributed by atoms with Crippen LogP contribution in [-0.2, 0) is 0 Å². The van der Waals surface area contributed by atoms with Gasteiger partial charge in [-0.2, -0.15) is 0 Å². The molecule has 0 radical (unpaired) electrons. The van der Waals surface area contributed by atoms with Crippen molar-refractivity contribution in [2.75, 3.05) is 31.0 Å². The van der Waals surface area contributed by atoms with Crippen LogP contribution in [0.3, 0.4) is 0 Å². The highest BCUT2D eigenvalue weighted by molar-refractivity contribution is 6.18. The number of ketones is 1. The zero-order chi connectivity index (χ0) is 13.1. The van der Waals surface area contributed by atoms with Crippen molar-refractivity contribution in [3.05, 3.63) is 29.8 Å². The van der Waals surface area contributed by atoms with Crippen molar-refractivity contribution in [2.45, 2.75) is 13.3 Å². The SMILES string of the molecule is CCC1CN(CCCl)N(C)c2ccccc2C1=O. The number of hydrazine groups is 1. The first-order chi connectivity index (χ1) is 8.69. The van der Waals surface area contributed by atoms with Gasteiger partial charge in [-0.05, 0) is 18.6 Å². The van der Waals surface area contributed by atoms with Crippen LogP contribution in [0.15, 0.2) is 24.3 Å². The highest BCUT2D eigenvalue weighted by Crippen LogP contribution is 2.29. The maximum absolute atomic E-state index is 12.5. The van der Waals surface area contributed by atoms with E-state index in [4.69, 9.17) is 11.6 Å². The lowest BCUT2D eigenvalue weighted by Gasteiger charge is -2.32. The Hall–Kier alpha value is -1.06. The summed E-state index contributed by atoms with van der Waals surface area (Å²) in [6.45, 7) is 3.57. The topological polar surface area (TPSA) is 23.6 Å². The molecule has 1 atom stereocenters. The Morgan fingerprint density at radius 1 is 1.39 bits per heavy atom. The summed E-state index contributed by atoms with van der Waals surface area (Å²) in [5.74, 6) is 0.869. The minimum absolute atomic E-state index is 0.0549. The van der Waals surface area contributed by atoms with Gasteiger partial charge in [0.2, 0.25) is 0 Å². The van der Waals surface area contributed by atoms with Crippen LogP contribution in [0.2, 0.25) is 0 Å². The predicted octanol–water partition coefficient (Wildman–Crippen LogP) is 2.80. The van der Waals surface area contributed by atoms with E-state index in [9.17, 15) is 4.79 Å². The van der Waals surface area contributed by atoms with E-state index in [2.05, 4.69) is 16.9 Å². The molecule has 3 nitrogen and oxygen atoms in total. The van der Waals surface area contributed by atoms with Gasteiger partial charge in [0.25, 0.3) is 0 Å². The van der Waals surface area contributed by atoms with Crippen molar-refractivity contribution in [3.63, 3.8) is 0 Å². The summed E-state index contributed by atoms with van der Waals surface area (Å²) in [7, 11) is 2.00. The Balaban J connectivity index is 2.43. The lowest BCUT2D eigenvalue weighted by molar-refractivity contribution is 0.0890. The number of nitrogens with zero attached hydrogens (tertiary/aromatic N) is 2. The molecule has 1 aromatic carbocycles. The van der Waals surface area contributed by atoms with Gasteiger partial charge in [0.1, 0.15) is 0 Å². The van der Waals surface area contributed by atoms with Gasteiger partial charge in [-0.25, -0.2) is 5.01 Å². The zero-order valence-corrected chi connectivity index (χ0v) is 11.7. The van der Waals surface area contributed by atoms with Crippen LogP contribution in [-0.4, -0.2) is 36.8 Å². The third-order valence-electron chi connectivity index (χ3n) is 3.58. The molecule has 1 aromatic rings. The first-order valence-corrected chi connectivity index (χ1v) is 6.90. The molecule has 0 N–H and O–H groups in total. The summed E-state index contributed by atoms with van der Waals surface area (Å²) in [5.41, 5.74) is 1.80. The number of fused-ring (bicyclic) bond motifs is 1. The standard InChI is InChI=1S/C14H19ClN2O/c1-3-11-10-17(9-8-15)16(2)13-7-5-4-6-12(13)14(11)18/h4-7,11H,3,8-10H2,1-2H3. The number of anilines is 1. The molecular formula is C14H19ClN2O. The summed E-state index contributed by atoms with van der Waals surface area (Å²) in [6, 6.07) is 7.80. The number of alkyl halides is 1. The van der Waals surface area contributed by atoms with Crippen molar-refractivity contribution < 1.29 is 4.79 Å². The average Bonchev–Trinajstić information content (AvgIpc) is 2.50. The largest absolute Gasteiger partial charge is 0.308 e. The predicted molar refractivity (Wildman–Crippen MR) is 75.2 cm³/mol. The van der Waals surface area contributed by atoms with Gasteiger partial charge < -0.3 is 5.01 Å². The summed E-state index contributed by atoms with van der Waals surface area (Å²) >= 11 is 5.85. The molecule has 0 saturated heterocycles. The molecule has 1 aliphatic heterocycles. The van der Waals surface area contributed by atoms with Crippen LogP contribution in [0.1, 0.15) is 23.7 Å². The van der Waals surface area contributed by atoms with Gasteiger partial charge in [-0.1, -0.05) is 19.1 Å². The second-order valence-corrected chi connectivity index (χ2v) is 4.99. The molecule has 2 rings (SSSR count). The molecule has 0 amide bonds. The number of rotatable bonds is 3. The fourth-order valence-electron chi connectivity index (χ4n) is 2.45. The molecule has 0 saturated carbocycles. The van der Waals surface area contributed by atoms with Gasteiger partial charge in [0, 0.05) is 37.5 Å². The minimum atomic E-state index is 0.0549. The van der Waals surface area contributed by atoms with E-state index >= 15 is 0 Å². The molecule has 1 aliphatic rings. The summed E-state index contributed by atoms with van der Waals surface area (Å²) in [5, 5.41) is 4.22. The number of hydrogen-bond acceptors (Lipinski definition) is 3. The highest BCUT2D eigenvalue weighted by atomic mass is 35.5. The minimum Gasteiger partial charge on any atom is -0.308 e. The zero-order valence-electron chi connectivity index (χ0n) is 10.9. The highest BCUT2D eigenvalue weighted by Gasteiger charge is 2.30. The first-order valence-electron chi connectivity index (χ1n) is 6.36. The molecule has 0 fully saturated rings. The number of benzene rings is 1. The van der Waals surface area contributed by atoms with Crippen molar-refractivity contribution in [3.8, 4) is 0 Å². The lowest BCUT2D eigenvalue weighted by atomic mass is 9.95. The Bertz CT molecular complexity index is 436. The van der Waals surface area contributed by atoms with E-state index in [1.807, 2.05) is 31.3 Å². The Morgan fingerprint density at radius 2 is 2.11 bits per heavy atom. The molecule has 1 heterocycles. The molecule has 0 aliphatic carbocycles. The smallest absolute Gasteiger partial charge is 0.169 e. The fourth-order valence-corrected chi connectivity index (χ4v) is 2.64. The maximum atomic E-state index is 12.5. The quantitative estimate of drug-likeness (QED) is 0.786. The lowest BCUT2D eigenvalue weighted by Crippen LogP contribution is -2.43. The van der Waals surface area contributed by atoms with Gasteiger partial charge >= 0.3 is 0 Å². The summed E-state index contributed by atoms with van der Waals surface area (Å²) in [4.78, 5) is 12.5. The maximum Gasteiger partial charge on any atom is 0.169 e. The molecule has 0 spiro atoms. The number of carbonyl (C=O) groups excluding carboxylic acids is 1. The summed E-state index contributed by atoms with van der Waals surface area (Å²) in [6.07, 6.45) is 0.861. The number of halogens is 1. The molecule has 98 valence electrons. The van der Waals surface area contributed by atoms with Gasteiger partial charge in [0.15, 0.2) is 5.78 Å². The Kier molecular flexibility index (Phi) is 4.25. The van der Waals surface area contributed by atoms with Crippen molar-refractivity contribution in [1.29, 1.82) is 0 Å². The monoisotopic (exact) mass is 266 g/mol. The van der Waals surface area contributed by atoms with E-state index in [1.54, 1.807) is 0 Å². The normalized spacial score (nSPS) is 20.7. The second kappa shape index (κ2) is 5.72. The molecule has 0 bridgehead atoms. The molecule has 0 aromatic heterocycles. The fraction of sp³-hybridized carbons (Fsp3) is 0.500. The molecule has 18 heavy (non-hydrogen) atoms. The number of para-hydroxylation sites is 1. The van der Waals surface area contributed by atoms with Crippen LogP contribution in [0.5, 0.6) is 0 Å². The second-order valence-electron chi connectivity index (χ2n) is 4.61. The van der Waals surface area contributed by atoms with Gasteiger partial charge in [-0.15, -0.1) is 11.6 Å². The Morgan fingerprint density at radius 3 is 2.78 bits per heavy atom. The van der Waals surface area contributed by atoms with Gasteiger partial charge in [-0.3, -0.25) is 4.79 Å². The first kappa shape index (κ1) is 13.4. The number of hydrogen-bond donors (Lipinski definition) is 0. The van der Waals surface area contributed by atoms with Crippen LogP contribution in [0, 0.1) is 5.92 Å². The van der Waals surface area contributed by atoms with E-state index in [0.29, 0.717) is 5.88 Å². The number of carbonyl (C=O) groups is 1. The molecule has 4 heteroatoms. The summed E-state index contributed by atoms with van der Waals surface area (Å²) < 4.78 is 0. The molecule has 1 unspecified atom stereocenters. The molecular weight excluding hydrogens is 248 g/mol. The van der Waals surface area contributed by atoms with E-state index < -0.39 is 0 Å². The van der Waals surface area contributed by atoms with Crippen molar-refractivity contribution in [1.82, 2.24) is 5.01 Å². The van der Waals surface area contributed by atoms with Crippen LogP contribution in [0.25, 0.3) is 0 Å². The van der Waals surface area contributed by atoms with E-state index in [1.165, 1.54) is 0 Å². The number of Topliss-reactive ketones (excluding diaryl/α,β-unsaturated/α-hetero) is 1. The third kappa shape index (κ3) is 2.38. The van der Waals surface area contributed by atoms with Crippen LogP contribution in [0.4, 0.5) is 5.69 Å². The van der Waals surface area contributed by atoms with E-state index in [0.717, 1.165) is 30.8 Å². The van der Waals surface area contributed by atoms with Crippen LogP contribution >= 0.6 is 11.6 Å². The third-order valence-corrected chi connectivity index (χ3v) is 3.75. The van der Waals surface area contributed by atoms with Gasteiger partial charge in [0.05, 0.1) is 5.69 Å². The van der Waals surface area contributed by atoms with Crippen molar-refractivity contribution >= 4 is 23.1 Å².